The summed E-state index contributed by atoms with van der Waals surface area (Å²) < 4.78 is 6.23. The number of para-hydroxylation sites is 2. The normalized spacial score (nSPS) is 17.1. The standard InChI is InChI=1S/C23H24N2O/c1-18-17-25(16-15-24-18)22-9-5-6-10-23(22)26-21-13-11-20(12-14-21)19-7-3-2-4-8-19/h2-14,18,24H,15-17H2,1H3. The zero-order valence-corrected chi connectivity index (χ0v) is 15.1. The molecule has 1 fully saturated rings. The highest BCUT2D eigenvalue weighted by Crippen LogP contribution is 2.33. The van der Waals surface area contributed by atoms with Crippen molar-refractivity contribution in [2.45, 2.75) is 13.0 Å². The molecule has 26 heavy (non-hydrogen) atoms. The van der Waals surface area contributed by atoms with Gasteiger partial charge in [0.25, 0.3) is 0 Å². The lowest BCUT2D eigenvalue weighted by atomic mass is 10.1. The van der Waals surface area contributed by atoms with Gasteiger partial charge in [-0.05, 0) is 42.3 Å². The molecule has 0 aliphatic carbocycles. The Kier molecular flexibility index (Phi) is 4.89. The second kappa shape index (κ2) is 7.63. The quantitative estimate of drug-likeness (QED) is 0.725. The van der Waals surface area contributed by atoms with Crippen LogP contribution in [-0.4, -0.2) is 25.7 Å². The minimum atomic E-state index is 0.488. The predicted molar refractivity (Wildman–Crippen MR) is 108 cm³/mol. The van der Waals surface area contributed by atoms with Gasteiger partial charge in [0.1, 0.15) is 5.75 Å². The summed E-state index contributed by atoms with van der Waals surface area (Å²) in [6.45, 7) is 5.21. The van der Waals surface area contributed by atoms with E-state index in [1.54, 1.807) is 0 Å². The van der Waals surface area contributed by atoms with Gasteiger partial charge >= 0.3 is 0 Å². The zero-order valence-electron chi connectivity index (χ0n) is 15.1. The van der Waals surface area contributed by atoms with Gasteiger partial charge in [-0.25, -0.2) is 0 Å². The molecular weight excluding hydrogens is 320 g/mol. The topological polar surface area (TPSA) is 24.5 Å². The molecule has 1 N–H and O–H groups in total. The summed E-state index contributed by atoms with van der Waals surface area (Å²) in [5.41, 5.74) is 3.57. The van der Waals surface area contributed by atoms with Gasteiger partial charge in [0, 0.05) is 25.7 Å². The molecule has 1 saturated heterocycles. The van der Waals surface area contributed by atoms with Crippen LogP contribution in [0.1, 0.15) is 6.92 Å². The summed E-state index contributed by atoms with van der Waals surface area (Å²) in [6.07, 6.45) is 0. The molecule has 0 aromatic heterocycles. The molecule has 1 heterocycles. The van der Waals surface area contributed by atoms with Gasteiger partial charge in [-0.1, -0.05) is 54.6 Å². The van der Waals surface area contributed by atoms with Crippen LogP contribution < -0.4 is 15.0 Å². The van der Waals surface area contributed by atoms with Crippen molar-refractivity contribution in [3.8, 4) is 22.6 Å². The fourth-order valence-electron chi connectivity index (χ4n) is 3.43. The van der Waals surface area contributed by atoms with E-state index >= 15 is 0 Å². The molecule has 0 radical (unpaired) electrons. The van der Waals surface area contributed by atoms with Crippen molar-refractivity contribution in [2.24, 2.45) is 0 Å². The molecule has 3 aromatic carbocycles. The molecule has 0 amide bonds. The Labute approximate surface area is 155 Å². The Hall–Kier alpha value is -2.78. The number of ether oxygens (including phenoxy) is 1. The van der Waals surface area contributed by atoms with Crippen LogP contribution >= 0.6 is 0 Å². The number of hydrogen-bond donors (Lipinski definition) is 1. The van der Waals surface area contributed by atoms with E-state index in [2.05, 4.69) is 65.7 Å². The van der Waals surface area contributed by atoms with E-state index in [-0.39, 0.29) is 0 Å². The van der Waals surface area contributed by atoms with E-state index in [4.69, 9.17) is 4.74 Å². The summed E-state index contributed by atoms with van der Waals surface area (Å²) in [4.78, 5) is 2.40. The summed E-state index contributed by atoms with van der Waals surface area (Å²) in [7, 11) is 0. The minimum absolute atomic E-state index is 0.488. The number of nitrogens with one attached hydrogen (secondary N) is 1. The van der Waals surface area contributed by atoms with E-state index in [0.717, 1.165) is 36.8 Å². The Balaban J connectivity index is 1.54. The third-order valence-electron chi connectivity index (χ3n) is 4.76. The lowest BCUT2D eigenvalue weighted by Crippen LogP contribution is -2.49. The molecular formula is C23H24N2O. The summed E-state index contributed by atoms with van der Waals surface area (Å²) >= 11 is 0. The van der Waals surface area contributed by atoms with Crippen molar-refractivity contribution in [3.63, 3.8) is 0 Å². The van der Waals surface area contributed by atoms with Crippen LogP contribution in [0.25, 0.3) is 11.1 Å². The number of rotatable bonds is 4. The van der Waals surface area contributed by atoms with Gasteiger partial charge in [0.15, 0.2) is 5.75 Å². The highest BCUT2D eigenvalue weighted by molar-refractivity contribution is 5.65. The van der Waals surface area contributed by atoms with Crippen LogP contribution in [0.2, 0.25) is 0 Å². The molecule has 0 saturated carbocycles. The second-order valence-electron chi connectivity index (χ2n) is 6.76. The van der Waals surface area contributed by atoms with E-state index in [0.29, 0.717) is 6.04 Å². The molecule has 1 atom stereocenters. The van der Waals surface area contributed by atoms with Crippen molar-refractivity contribution in [1.29, 1.82) is 0 Å². The maximum Gasteiger partial charge on any atom is 0.150 e. The van der Waals surface area contributed by atoms with Gasteiger partial charge in [-0.15, -0.1) is 0 Å². The number of benzene rings is 3. The summed E-state index contributed by atoms with van der Waals surface area (Å²) in [5, 5.41) is 3.49. The fraction of sp³-hybridized carbons (Fsp3) is 0.217. The maximum atomic E-state index is 6.23. The first-order valence-corrected chi connectivity index (χ1v) is 9.20. The first-order valence-electron chi connectivity index (χ1n) is 9.20. The first-order chi connectivity index (χ1) is 12.8. The average Bonchev–Trinajstić information content (AvgIpc) is 2.70. The molecule has 1 aliphatic rings. The van der Waals surface area contributed by atoms with Crippen molar-refractivity contribution < 1.29 is 4.74 Å². The number of hydrogen-bond acceptors (Lipinski definition) is 3. The Morgan fingerprint density at radius 2 is 1.54 bits per heavy atom. The van der Waals surface area contributed by atoms with Crippen LogP contribution in [0.3, 0.4) is 0 Å². The Morgan fingerprint density at radius 3 is 2.31 bits per heavy atom. The van der Waals surface area contributed by atoms with E-state index in [1.807, 2.05) is 30.3 Å². The van der Waals surface area contributed by atoms with E-state index < -0.39 is 0 Å². The molecule has 4 rings (SSSR count). The largest absolute Gasteiger partial charge is 0.455 e. The Bertz CT molecular complexity index is 846. The van der Waals surface area contributed by atoms with Crippen molar-refractivity contribution in [1.82, 2.24) is 5.32 Å². The van der Waals surface area contributed by atoms with Crippen LogP contribution in [0.15, 0.2) is 78.9 Å². The van der Waals surface area contributed by atoms with Gasteiger partial charge in [0.2, 0.25) is 0 Å². The maximum absolute atomic E-state index is 6.23. The highest BCUT2D eigenvalue weighted by atomic mass is 16.5. The molecule has 3 nitrogen and oxygen atoms in total. The smallest absolute Gasteiger partial charge is 0.150 e. The third-order valence-corrected chi connectivity index (χ3v) is 4.76. The van der Waals surface area contributed by atoms with Crippen molar-refractivity contribution in [3.05, 3.63) is 78.9 Å². The highest BCUT2D eigenvalue weighted by Gasteiger charge is 2.19. The van der Waals surface area contributed by atoms with Crippen LogP contribution in [0, 0.1) is 0 Å². The lowest BCUT2D eigenvalue weighted by Gasteiger charge is -2.34. The number of nitrogens with zero attached hydrogens (tertiary/aromatic N) is 1. The average molecular weight is 344 g/mol. The van der Waals surface area contributed by atoms with Gasteiger partial charge in [-0.3, -0.25) is 0 Å². The van der Waals surface area contributed by atoms with Crippen LogP contribution in [0.5, 0.6) is 11.5 Å². The van der Waals surface area contributed by atoms with Gasteiger partial charge in [-0.2, -0.15) is 0 Å². The minimum Gasteiger partial charge on any atom is -0.455 e. The monoisotopic (exact) mass is 344 g/mol. The molecule has 0 spiro atoms. The molecule has 132 valence electrons. The molecule has 3 heteroatoms. The molecule has 0 bridgehead atoms. The Morgan fingerprint density at radius 1 is 0.846 bits per heavy atom. The molecule has 3 aromatic rings. The number of anilines is 1. The van der Waals surface area contributed by atoms with E-state index in [9.17, 15) is 0 Å². The first kappa shape index (κ1) is 16.7. The van der Waals surface area contributed by atoms with Gasteiger partial charge < -0.3 is 15.0 Å². The number of piperazine rings is 1. The fourth-order valence-corrected chi connectivity index (χ4v) is 3.43. The SMILES string of the molecule is CC1CN(c2ccccc2Oc2ccc(-c3ccccc3)cc2)CCN1. The third kappa shape index (κ3) is 3.73. The second-order valence-corrected chi connectivity index (χ2v) is 6.76. The molecule has 1 aliphatic heterocycles. The van der Waals surface area contributed by atoms with E-state index in [1.165, 1.54) is 11.1 Å². The van der Waals surface area contributed by atoms with Crippen molar-refractivity contribution >= 4 is 5.69 Å². The van der Waals surface area contributed by atoms with Crippen molar-refractivity contribution in [2.75, 3.05) is 24.5 Å². The molecule has 1 unspecified atom stereocenters. The van der Waals surface area contributed by atoms with Crippen LogP contribution in [0.4, 0.5) is 5.69 Å². The zero-order chi connectivity index (χ0) is 17.8. The summed E-state index contributed by atoms with van der Waals surface area (Å²) in [6, 6.07) is 27.5. The van der Waals surface area contributed by atoms with Crippen LogP contribution in [-0.2, 0) is 0 Å². The predicted octanol–water partition coefficient (Wildman–Crippen LogP) is 4.94. The lowest BCUT2D eigenvalue weighted by molar-refractivity contribution is 0.461. The van der Waals surface area contributed by atoms with Gasteiger partial charge in [0.05, 0.1) is 5.69 Å². The summed E-state index contributed by atoms with van der Waals surface area (Å²) in [5.74, 6) is 1.77.